The summed E-state index contributed by atoms with van der Waals surface area (Å²) in [6.07, 6.45) is 0. The fraction of sp³-hybridized carbons (Fsp3) is 0.400. The van der Waals surface area contributed by atoms with Gasteiger partial charge in [-0.3, -0.25) is 0 Å². The van der Waals surface area contributed by atoms with Crippen molar-refractivity contribution in [1.29, 1.82) is 0 Å². The number of thioether (sulfide) groups is 1. The molecule has 1 aromatic carbocycles. The molecule has 0 spiro atoms. The lowest BCUT2D eigenvalue weighted by Crippen LogP contribution is -2.44. The summed E-state index contributed by atoms with van der Waals surface area (Å²) in [6, 6.07) is 7.57. The van der Waals surface area contributed by atoms with Crippen LogP contribution in [0.3, 0.4) is 0 Å². The van der Waals surface area contributed by atoms with Crippen molar-refractivity contribution in [3.63, 3.8) is 0 Å². The largest absolute Gasteiger partial charge is 0.476 e. The van der Waals surface area contributed by atoms with E-state index in [4.69, 9.17) is 0 Å². The molecule has 1 aliphatic rings. The van der Waals surface area contributed by atoms with E-state index in [1.165, 1.54) is 0 Å². The Morgan fingerprint density at radius 3 is 2.81 bits per heavy atom. The molecule has 2 aromatic rings. The zero-order valence-corrected chi connectivity index (χ0v) is 12.9. The quantitative estimate of drug-likeness (QED) is 0.920. The highest BCUT2D eigenvalue weighted by molar-refractivity contribution is 8.00. The van der Waals surface area contributed by atoms with E-state index in [-0.39, 0.29) is 10.4 Å². The summed E-state index contributed by atoms with van der Waals surface area (Å²) in [6.45, 7) is 5.99. The Morgan fingerprint density at radius 1 is 1.33 bits per heavy atom. The van der Waals surface area contributed by atoms with Crippen LogP contribution in [0.25, 0.3) is 10.9 Å². The second-order valence-electron chi connectivity index (χ2n) is 5.75. The Morgan fingerprint density at radius 2 is 2.10 bits per heavy atom. The van der Waals surface area contributed by atoms with E-state index in [9.17, 15) is 9.90 Å². The Bertz CT molecular complexity index is 702. The van der Waals surface area contributed by atoms with Crippen LogP contribution in [0.1, 0.15) is 24.3 Å². The lowest BCUT2D eigenvalue weighted by atomic mass is 10.1. The van der Waals surface area contributed by atoms with Gasteiger partial charge in [-0.15, -0.1) is 10.2 Å². The van der Waals surface area contributed by atoms with Gasteiger partial charge in [0.1, 0.15) is 0 Å². The highest BCUT2D eigenvalue weighted by Crippen LogP contribution is 2.36. The van der Waals surface area contributed by atoms with Crippen LogP contribution in [0.15, 0.2) is 24.3 Å². The average Bonchev–Trinajstić information content (AvgIpc) is 2.44. The third-order valence-corrected chi connectivity index (χ3v) is 4.88. The predicted molar refractivity (Wildman–Crippen MR) is 85.2 cm³/mol. The topological polar surface area (TPSA) is 66.3 Å². The van der Waals surface area contributed by atoms with E-state index < -0.39 is 5.97 Å². The zero-order chi connectivity index (χ0) is 15.0. The fourth-order valence-electron chi connectivity index (χ4n) is 2.71. The molecule has 1 fully saturated rings. The lowest BCUT2D eigenvalue weighted by Gasteiger charge is -2.39. The number of carboxylic acid groups (broad SMARTS) is 1. The molecule has 0 saturated carbocycles. The first-order chi connectivity index (χ1) is 9.98. The normalized spacial score (nSPS) is 17.9. The first-order valence-corrected chi connectivity index (χ1v) is 7.84. The molecule has 0 radical (unpaired) electrons. The van der Waals surface area contributed by atoms with Gasteiger partial charge in [0.25, 0.3) is 0 Å². The van der Waals surface area contributed by atoms with Crippen LogP contribution in [-0.4, -0.2) is 44.9 Å². The second kappa shape index (κ2) is 5.18. The van der Waals surface area contributed by atoms with Gasteiger partial charge in [0.2, 0.25) is 0 Å². The zero-order valence-electron chi connectivity index (χ0n) is 12.0. The Kier molecular flexibility index (Phi) is 3.49. The maximum atomic E-state index is 11.5. The molecule has 0 bridgehead atoms. The number of benzene rings is 1. The molecule has 1 N–H and O–H groups in total. The van der Waals surface area contributed by atoms with E-state index in [1.807, 2.05) is 36.0 Å². The van der Waals surface area contributed by atoms with Gasteiger partial charge in [-0.05, 0) is 19.9 Å². The molecule has 0 amide bonds. The van der Waals surface area contributed by atoms with Gasteiger partial charge in [0.15, 0.2) is 5.69 Å². The van der Waals surface area contributed by atoms with Gasteiger partial charge in [-0.25, -0.2) is 4.79 Å². The van der Waals surface area contributed by atoms with E-state index >= 15 is 0 Å². The summed E-state index contributed by atoms with van der Waals surface area (Å²) in [5, 5.41) is 18.3. The molecule has 21 heavy (non-hydrogen) atoms. The number of carbonyl (C=O) groups is 1. The molecular formula is C15H17N3O2S. The minimum atomic E-state index is -1.03. The monoisotopic (exact) mass is 303 g/mol. The molecule has 1 aliphatic heterocycles. The summed E-state index contributed by atoms with van der Waals surface area (Å²) >= 11 is 1.91. The number of fused-ring (bicyclic) bond motifs is 1. The number of aromatic nitrogens is 2. The number of anilines is 1. The Balaban J connectivity index is 2.18. The van der Waals surface area contributed by atoms with E-state index in [2.05, 4.69) is 28.9 Å². The molecule has 1 aromatic heterocycles. The Labute approximate surface area is 127 Å². The number of carboxylic acids is 1. The molecule has 1 saturated heterocycles. The van der Waals surface area contributed by atoms with Crippen molar-refractivity contribution in [3.05, 3.63) is 30.0 Å². The first-order valence-electron chi connectivity index (χ1n) is 6.85. The fourth-order valence-corrected chi connectivity index (χ4v) is 3.82. The van der Waals surface area contributed by atoms with Crippen molar-refractivity contribution in [1.82, 2.24) is 10.2 Å². The Hall–Kier alpha value is -1.82. The van der Waals surface area contributed by atoms with Gasteiger partial charge >= 0.3 is 5.97 Å². The molecule has 3 rings (SSSR count). The van der Waals surface area contributed by atoms with E-state index in [0.717, 1.165) is 29.7 Å². The second-order valence-corrected chi connectivity index (χ2v) is 7.55. The minimum absolute atomic E-state index is 0.0383. The van der Waals surface area contributed by atoms with E-state index in [1.54, 1.807) is 0 Å². The van der Waals surface area contributed by atoms with Gasteiger partial charge in [0, 0.05) is 29.0 Å². The van der Waals surface area contributed by atoms with Crippen LogP contribution in [0.2, 0.25) is 0 Å². The number of rotatable bonds is 2. The summed E-state index contributed by atoms with van der Waals surface area (Å²) in [7, 11) is 0. The van der Waals surface area contributed by atoms with E-state index in [0.29, 0.717) is 5.69 Å². The van der Waals surface area contributed by atoms with Crippen molar-refractivity contribution in [2.24, 2.45) is 0 Å². The van der Waals surface area contributed by atoms with Crippen LogP contribution in [0.4, 0.5) is 5.69 Å². The number of aromatic carboxylic acids is 1. The molecule has 110 valence electrons. The van der Waals surface area contributed by atoms with Crippen LogP contribution >= 0.6 is 11.8 Å². The molecule has 0 aliphatic carbocycles. The lowest BCUT2D eigenvalue weighted by molar-refractivity contribution is 0.0690. The van der Waals surface area contributed by atoms with Crippen LogP contribution in [0.5, 0.6) is 0 Å². The molecule has 6 heteroatoms. The van der Waals surface area contributed by atoms with Crippen molar-refractivity contribution >= 4 is 34.3 Å². The van der Waals surface area contributed by atoms with Crippen molar-refractivity contribution in [2.45, 2.75) is 18.6 Å². The molecule has 0 unspecified atom stereocenters. The van der Waals surface area contributed by atoms with Crippen LogP contribution < -0.4 is 4.90 Å². The summed E-state index contributed by atoms with van der Waals surface area (Å²) < 4.78 is 0.0956. The van der Waals surface area contributed by atoms with Crippen LogP contribution in [0, 0.1) is 0 Å². The van der Waals surface area contributed by atoms with Gasteiger partial charge < -0.3 is 10.0 Å². The van der Waals surface area contributed by atoms with Crippen molar-refractivity contribution in [3.8, 4) is 0 Å². The molecular weight excluding hydrogens is 286 g/mol. The van der Waals surface area contributed by atoms with Gasteiger partial charge in [0.05, 0.1) is 11.2 Å². The molecule has 5 nitrogen and oxygen atoms in total. The third-order valence-electron chi connectivity index (χ3n) is 3.59. The summed E-state index contributed by atoms with van der Waals surface area (Å²) in [4.78, 5) is 13.7. The first kappa shape index (κ1) is 14.1. The SMILES string of the molecule is CC1(C)CN(c2c(C(=O)O)nnc3ccccc23)CCS1. The highest BCUT2D eigenvalue weighted by atomic mass is 32.2. The molecule has 2 heterocycles. The highest BCUT2D eigenvalue weighted by Gasteiger charge is 2.31. The third kappa shape index (κ3) is 2.68. The molecule has 0 atom stereocenters. The van der Waals surface area contributed by atoms with Gasteiger partial charge in [-0.2, -0.15) is 11.8 Å². The number of nitrogens with zero attached hydrogens (tertiary/aromatic N) is 3. The maximum Gasteiger partial charge on any atom is 0.358 e. The summed E-state index contributed by atoms with van der Waals surface area (Å²) in [5.41, 5.74) is 1.46. The standard InChI is InChI=1S/C15H17N3O2S/c1-15(2)9-18(7-8-21-15)13-10-5-3-4-6-11(10)16-17-12(13)14(19)20/h3-6H,7-9H2,1-2H3,(H,19,20). The summed E-state index contributed by atoms with van der Waals surface area (Å²) in [5.74, 6) is -0.0535. The number of hydrogen-bond donors (Lipinski definition) is 1. The average molecular weight is 303 g/mol. The smallest absolute Gasteiger partial charge is 0.358 e. The van der Waals surface area contributed by atoms with Crippen molar-refractivity contribution in [2.75, 3.05) is 23.7 Å². The van der Waals surface area contributed by atoms with Gasteiger partial charge in [-0.1, -0.05) is 18.2 Å². The predicted octanol–water partition coefficient (Wildman–Crippen LogP) is 2.66. The van der Waals surface area contributed by atoms with Crippen LogP contribution in [-0.2, 0) is 0 Å². The maximum absolute atomic E-state index is 11.5. The van der Waals surface area contributed by atoms with Crippen molar-refractivity contribution < 1.29 is 9.90 Å². The number of hydrogen-bond acceptors (Lipinski definition) is 5. The minimum Gasteiger partial charge on any atom is -0.476 e.